The summed E-state index contributed by atoms with van der Waals surface area (Å²) >= 11 is 0. The van der Waals surface area contributed by atoms with Crippen LogP contribution in [0.25, 0.3) is 0 Å². The predicted molar refractivity (Wildman–Crippen MR) is 392 cm³/mol. The van der Waals surface area contributed by atoms with Gasteiger partial charge in [-0.1, -0.05) is 398 Å². The highest BCUT2D eigenvalue weighted by Crippen LogP contribution is 2.21. The van der Waals surface area contributed by atoms with Gasteiger partial charge in [0.15, 0.2) is 6.10 Å². The number of carboxylic acid groups (broad SMARTS) is 1. The summed E-state index contributed by atoms with van der Waals surface area (Å²) in [6.07, 6.45) is 89.6. The molecule has 0 saturated carbocycles. The number of allylic oxidation sites excluding steroid dienone is 2. The van der Waals surface area contributed by atoms with Gasteiger partial charge in [0.1, 0.15) is 13.2 Å². The topological polar surface area (TPSA) is 108 Å². The average Bonchev–Trinajstić information content (AvgIpc) is 3.46. The van der Waals surface area contributed by atoms with Gasteiger partial charge in [0.25, 0.3) is 6.29 Å². The van der Waals surface area contributed by atoms with Gasteiger partial charge in [-0.05, 0) is 38.5 Å². The lowest BCUT2D eigenvalue weighted by Crippen LogP contribution is -2.40. The van der Waals surface area contributed by atoms with Crippen molar-refractivity contribution in [1.29, 1.82) is 0 Å². The van der Waals surface area contributed by atoms with Gasteiger partial charge >= 0.3 is 17.9 Å². The molecular formula is C82H160NO8+. The fraction of sp³-hybridized carbons (Fsp3) is 0.939. The van der Waals surface area contributed by atoms with E-state index < -0.39 is 18.4 Å². The molecule has 0 heterocycles. The van der Waals surface area contributed by atoms with Gasteiger partial charge in [0, 0.05) is 12.8 Å². The molecule has 9 heteroatoms. The molecule has 0 aromatic carbocycles. The van der Waals surface area contributed by atoms with Gasteiger partial charge < -0.3 is 28.5 Å². The molecule has 0 aromatic heterocycles. The molecule has 0 saturated heterocycles. The second-order valence-electron chi connectivity index (χ2n) is 29.4. The van der Waals surface area contributed by atoms with Crippen LogP contribution in [0.2, 0.25) is 0 Å². The normalized spacial score (nSPS) is 12.6. The first-order chi connectivity index (χ1) is 44.6. The number of carbonyl (C=O) groups is 3. The molecule has 2 unspecified atom stereocenters. The van der Waals surface area contributed by atoms with Crippen LogP contribution in [0.4, 0.5) is 0 Å². The highest BCUT2D eigenvalue weighted by molar-refractivity contribution is 5.71. The maximum atomic E-state index is 13.0. The van der Waals surface area contributed by atoms with Crippen molar-refractivity contribution in [3.05, 3.63) is 12.2 Å². The summed E-state index contributed by atoms with van der Waals surface area (Å²) in [5.74, 6) is -1.96. The van der Waals surface area contributed by atoms with Crippen molar-refractivity contribution in [3.63, 3.8) is 0 Å². The van der Waals surface area contributed by atoms with E-state index in [4.69, 9.17) is 18.9 Å². The van der Waals surface area contributed by atoms with E-state index >= 15 is 0 Å². The zero-order chi connectivity index (χ0) is 66.1. The van der Waals surface area contributed by atoms with E-state index in [-0.39, 0.29) is 38.2 Å². The molecule has 0 aromatic rings. The number of hydrogen-bond acceptors (Lipinski definition) is 7. The maximum absolute atomic E-state index is 13.0. The summed E-state index contributed by atoms with van der Waals surface area (Å²) in [4.78, 5) is 37.7. The lowest BCUT2D eigenvalue weighted by molar-refractivity contribution is -0.870. The molecule has 0 rings (SSSR count). The van der Waals surface area contributed by atoms with Crippen LogP contribution in [0.15, 0.2) is 12.2 Å². The van der Waals surface area contributed by atoms with Crippen molar-refractivity contribution in [1.82, 2.24) is 0 Å². The van der Waals surface area contributed by atoms with Crippen molar-refractivity contribution in [2.24, 2.45) is 0 Å². The maximum Gasteiger partial charge on any atom is 0.361 e. The van der Waals surface area contributed by atoms with Gasteiger partial charge in [-0.2, -0.15) is 0 Å². The molecule has 9 nitrogen and oxygen atoms in total. The highest BCUT2D eigenvalue weighted by Gasteiger charge is 2.25. The average molecular weight is 1290 g/mol. The van der Waals surface area contributed by atoms with Gasteiger partial charge in [-0.3, -0.25) is 9.59 Å². The third kappa shape index (κ3) is 75.3. The molecular weight excluding hydrogens is 1130 g/mol. The summed E-state index contributed by atoms with van der Waals surface area (Å²) in [6, 6.07) is 0. The third-order valence-corrected chi connectivity index (χ3v) is 19.0. The molecule has 1 N–H and O–H groups in total. The quantitative estimate of drug-likeness (QED) is 0.0211. The number of rotatable bonds is 78. The lowest BCUT2D eigenvalue weighted by Gasteiger charge is -2.25. The van der Waals surface area contributed by atoms with E-state index in [0.717, 1.165) is 38.5 Å². The van der Waals surface area contributed by atoms with E-state index in [9.17, 15) is 19.5 Å². The third-order valence-electron chi connectivity index (χ3n) is 19.0. The molecule has 0 fully saturated rings. The molecule has 540 valence electrons. The lowest BCUT2D eigenvalue weighted by atomic mass is 10.0. The largest absolute Gasteiger partial charge is 0.477 e. The summed E-state index contributed by atoms with van der Waals surface area (Å²) < 4.78 is 23.1. The number of likely N-dealkylation sites (N-methyl/N-ethyl adjacent to an activating group) is 1. The Balaban J connectivity index is 3.92. The Hall–Kier alpha value is -1.97. The minimum atomic E-state index is -1.51. The Bertz CT molecular complexity index is 1500. The van der Waals surface area contributed by atoms with Crippen LogP contribution in [0.3, 0.4) is 0 Å². The molecule has 0 radical (unpaired) electrons. The van der Waals surface area contributed by atoms with Crippen molar-refractivity contribution in [3.8, 4) is 0 Å². The monoisotopic (exact) mass is 1290 g/mol. The summed E-state index contributed by atoms with van der Waals surface area (Å²) in [5, 5.41) is 9.77. The number of ether oxygens (including phenoxy) is 4. The highest BCUT2D eigenvalue weighted by atomic mass is 16.7. The number of carbonyl (C=O) groups excluding carboxylic acids is 2. The first-order valence-electron chi connectivity index (χ1n) is 40.9. The SMILES string of the molecule is CCCCCCCCCC/C=C\CCCCCCCCCCCCCCCCCCCCCCCCCCCCCC(=O)OC(COC(=O)CCCCCCCCCCCCCCCCCCCCCCCCCCCCC)COC(OCC[N+](C)(C)C)C(=O)O. The van der Waals surface area contributed by atoms with Gasteiger partial charge in [-0.25, -0.2) is 4.79 Å². The molecule has 0 amide bonds. The molecule has 0 bridgehead atoms. The van der Waals surface area contributed by atoms with E-state index in [2.05, 4.69) is 26.0 Å². The Morgan fingerprint density at radius 1 is 0.319 bits per heavy atom. The number of hydrogen-bond donors (Lipinski definition) is 1. The van der Waals surface area contributed by atoms with Crippen LogP contribution < -0.4 is 0 Å². The fourth-order valence-corrected chi connectivity index (χ4v) is 12.8. The second kappa shape index (κ2) is 73.8. The number of aliphatic carboxylic acids is 1. The number of nitrogens with zero attached hydrogens (tertiary/aromatic N) is 1. The van der Waals surface area contributed by atoms with Gasteiger partial charge in [-0.15, -0.1) is 0 Å². The number of carboxylic acids is 1. The van der Waals surface area contributed by atoms with Crippen LogP contribution >= 0.6 is 0 Å². The van der Waals surface area contributed by atoms with E-state index in [1.807, 2.05) is 21.1 Å². The van der Waals surface area contributed by atoms with E-state index in [0.29, 0.717) is 17.4 Å². The van der Waals surface area contributed by atoms with Crippen molar-refractivity contribution >= 4 is 17.9 Å². The van der Waals surface area contributed by atoms with Crippen LogP contribution in [-0.4, -0.2) is 87.4 Å². The number of unbranched alkanes of at least 4 members (excludes halogenated alkanes) is 61. The van der Waals surface area contributed by atoms with Crippen molar-refractivity contribution in [2.45, 2.75) is 450 Å². The van der Waals surface area contributed by atoms with Crippen LogP contribution in [0.1, 0.15) is 438 Å². The smallest absolute Gasteiger partial charge is 0.361 e. The Kier molecular flexibility index (Phi) is 72.2. The van der Waals surface area contributed by atoms with Crippen LogP contribution in [-0.2, 0) is 33.3 Å². The van der Waals surface area contributed by atoms with Gasteiger partial charge in [0.05, 0.1) is 34.4 Å². The minimum absolute atomic E-state index is 0.172. The zero-order valence-corrected chi connectivity index (χ0v) is 62.1. The number of esters is 2. The van der Waals surface area contributed by atoms with Crippen LogP contribution in [0, 0.1) is 0 Å². The van der Waals surface area contributed by atoms with E-state index in [1.165, 1.54) is 372 Å². The molecule has 2 atom stereocenters. The standard InChI is InChI=1S/C82H159NO8/c1-6-8-10-12-14-16-18-20-22-24-26-28-30-32-34-35-36-37-38-39-40-41-42-43-44-45-47-49-51-53-55-57-59-61-63-65-67-69-71-73-80(85)91-78(77-90-82(81(86)87)88-75-74-83(3,4)5)76-89-79(84)72-70-68-66-64-62-60-58-56-54-52-50-48-46-33-31-29-27-25-23-21-19-17-15-13-11-9-7-2/h24,26,78,82H,6-23,25,27-77H2,1-5H3/p+1/b26-24-. The molecule has 0 aliphatic heterocycles. The molecule has 0 aliphatic carbocycles. The molecule has 0 aliphatic rings. The molecule has 0 spiro atoms. The zero-order valence-electron chi connectivity index (χ0n) is 62.1. The fourth-order valence-electron chi connectivity index (χ4n) is 12.8. The summed E-state index contributed by atoms with van der Waals surface area (Å²) in [7, 11) is 6.00. The first kappa shape index (κ1) is 89.0. The Labute approximate surface area is 567 Å². The molecule has 91 heavy (non-hydrogen) atoms. The Morgan fingerprint density at radius 2 is 0.560 bits per heavy atom. The first-order valence-corrected chi connectivity index (χ1v) is 40.9. The van der Waals surface area contributed by atoms with E-state index in [1.54, 1.807) is 0 Å². The Morgan fingerprint density at radius 3 is 0.813 bits per heavy atom. The summed E-state index contributed by atoms with van der Waals surface area (Å²) in [6.45, 7) is 4.98. The minimum Gasteiger partial charge on any atom is -0.477 e. The van der Waals surface area contributed by atoms with Crippen LogP contribution in [0.5, 0.6) is 0 Å². The van der Waals surface area contributed by atoms with Gasteiger partial charge in [0.2, 0.25) is 0 Å². The number of quaternary nitrogens is 1. The van der Waals surface area contributed by atoms with Crippen molar-refractivity contribution in [2.75, 3.05) is 47.5 Å². The summed E-state index contributed by atoms with van der Waals surface area (Å²) in [5.41, 5.74) is 0. The second-order valence-corrected chi connectivity index (χ2v) is 29.4. The van der Waals surface area contributed by atoms with Crippen molar-refractivity contribution < 1.29 is 42.9 Å². The predicted octanol–water partition coefficient (Wildman–Crippen LogP) is 25.9.